The zero-order valence-corrected chi connectivity index (χ0v) is 26.0. The minimum absolute atomic E-state index is 0.0285. The minimum atomic E-state index is -3.60. The number of sulfonamides is 1. The van der Waals surface area contributed by atoms with Crippen LogP contribution in [0.2, 0.25) is 0 Å². The molecule has 0 unspecified atom stereocenters. The van der Waals surface area contributed by atoms with Gasteiger partial charge in [0.1, 0.15) is 11.9 Å². The first-order valence-electron chi connectivity index (χ1n) is 14.2. The number of rotatable bonds is 14. The molecule has 3 aromatic rings. The van der Waals surface area contributed by atoms with Crippen molar-refractivity contribution in [3.05, 3.63) is 101 Å². The van der Waals surface area contributed by atoms with E-state index in [0.717, 1.165) is 22.9 Å². The number of halogens is 1. The second-order valence-corrected chi connectivity index (χ2v) is 13.2. The molecule has 0 spiro atoms. The molecule has 42 heavy (non-hydrogen) atoms. The van der Waals surface area contributed by atoms with Crippen molar-refractivity contribution in [1.29, 1.82) is 0 Å². The van der Waals surface area contributed by atoms with Gasteiger partial charge >= 0.3 is 0 Å². The Morgan fingerprint density at radius 2 is 1.52 bits per heavy atom. The molecule has 1 atom stereocenters. The zero-order valence-electron chi connectivity index (χ0n) is 25.1. The lowest BCUT2D eigenvalue weighted by atomic mass is 10.0. The number of benzene rings is 3. The predicted octanol–water partition coefficient (Wildman–Crippen LogP) is 5.40. The van der Waals surface area contributed by atoms with Crippen molar-refractivity contribution in [2.24, 2.45) is 5.92 Å². The van der Waals surface area contributed by atoms with Crippen LogP contribution in [0.1, 0.15) is 48.9 Å². The quantitative estimate of drug-likeness (QED) is 0.270. The number of hydrogen-bond acceptors (Lipinski definition) is 4. The smallest absolute Gasteiger partial charge is 0.243 e. The highest BCUT2D eigenvalue weighted by atomic mass is 32.2. The highest BCUT2D eigenvalue weighted by Gasteiger charge is 2.30. The Kier molecular flexibility index (Phi) is 11.7. The third-order valence-electron chi connectivity index (χ3n) is 6.87. The van der Waals surface area contributed by atoms with Crippen molar-refractivity contribution < 1.29 is 22.4 Å². The highest BCUT2D eigenvalue weighted by molar-refractivity contribution is 7.92. The van der Waals surface area contributed by atoms with Gasteiger partial charge in [0.15, 0.2) is 0 Å². The van der Waals surface area contributed by atoms with E-state index in [0.29, 0.717) is 24.2 Å². The topological polar surface area (TPSA) is 86.8 Å². The molecule has 0 aliphatic heterocycles. The van der Waals surface area contributed by atoms with E-state index in [1.807, 2.05) is 76.2 Å². The number of anilines is 1. The van der Waals surface area contributed by atoms with E-state index in [-0.39, 0.29) is 49.5 Å². The van der Waals surface area contributed by atoms with Crippen LogP contribution in [0.3, 0.4) is 0 Å². The molecule has 7 nitrogen and oxygen atoms in total. The summed E-state index contributed by atoms with van der Waals surface area (Å²) in [6.07, 6.45) is 1.74. The van der Waals surface area contributed by atoms with Crippen LogP contribution in [0.15, 0.2) is 72.8 Å². The van der Waals surface area contributed by atoms with Crippen molar-refractivity contribution in [2.45, 2.75) is 59.5 Å². The molecule has 0 aliphatic carbocycles. The van der Waals surface area contributed by atoms with Gasteiger partial charge in [0.2, 0.25) is 21.8 Å². The van der Waals surface area contributed by atoms with Crippen LogP contribution in [0.25, 0.3) is 0 Å². The van der Waals surface area contributed by atoms with Crippen LogP contribution in [0, 0.1) is 25.6 Å². The van der Waals surface area contributed by atoms with Gasteiger partial charge in [0.25, 0.3) is 0 Å². The van der Waals surface area contributed by atoms with E-state index in [1.54, 1.807) is 12.1 Å². The average Bonchev–Trinajstić information content (AvgIpc) is 2.91. The van der Waals surface area contributed by atoms with Crippen molar-refractivity contribution >= 4 is 27.5 Å². The minimum Gasteiger partial charge on any atom is -0.354 e. The molecular formula is C33H42FN3O4S. The lowest BCUT2D eigenvalue weighted by Crippen LogP contribution is -2.51. The third kappa shape index (κ3) is 9.98. The summed E-state index contributed by atoms with van der Waals surface area (Å²) in [7, 11) is -3.60. The summed E-state index contributed by atoms with van der Waals surface area (Å²) in [6, 6.07) is 20.1. The number of aryl methyl sites for hydroxylation is 2. The molecule has 3 rings (SSSR count). The number of amides is 2. The van der Waals surface area contributed by atoms with E-state index in [2.05, 4.69) is 5.32 Å². The summed E-state index contributed by atoms with van der Waals surface area (Å²) >= 11 is 0. The first-order valence-corrected chi connectivity index (χ1v) is 16.1. The fraction of sp³-hybridized carbons (Fsp3) is 0.394. The Balaban J connectivity index is 1.89. The molecule has 226 valence electrons. The largest absolute Gasteiger partial charge is 0.354 e. The number of carbonyl (C=O) groups is 2. The van der Waals surface area contributed by atoms with Crippen LogP contribution in [-0.2, 0) is 32.6 Å². The van der Waals surface area contributed by atoms with Gasteiger partial charge < -0.3 is 10.2 Å². The Labute approximate surface area is 249 Å². The van der Waals surface area contributed by atoms with Gasteiger partial charge in [-0.3, -0.25) is 13.9 Å². The van der Waals surface area contributed by atoms with E-state index in [4.69, 9.17) is 0 Å². The average molecular weight is 596 g/mol. The zero-order chi connectivity index (χ0) is 30.9. The third-order valence-corrected chi connectivity index (χ3v) is 8.06. The summed E-state index contributed by atoms with van der Waals surface area (Å²) in [5, 5.41) is 2.98. The molecule has 0 saturated carbocycles. The normalized spacial score (nSPS) is 12.2. The summed E-state index contributed by atoms with van der Waals surface area (Å²) in [4.78, 5) is 29.0. The van der Waals surface area contributed by atoms with E-state index in [9.17, 15) is 22.4 Å². The molecule has 1 N–H and O–H groups in total. The maximum atomic E-state index is 13.9. The monoisotopic (exact) mass is 595 g/mol. The van der Waals surface area contributed by atoms with Crippen LogP contribution in [0.5, 0.6) is 0 Å². The van der Waals surface area contributed by atoms with Crippen molar-refractivity contribution in [3.8, 4) is 0 Å². The molecule has 2 amide bonds. The van der Waals surface area contributed by atoms with Gasteiger partial charge in [-0.2, -0.15) is 0 Å². The summed E-state index contributed by atoms with van der Waals surface area (Å²) in [5.41, 5.74) is 4.03. The first kappa shape index (κ1) is 32.8. The van der Waals surface area contributed by atoms with Gasteiger partial charge in [-0.25, -0.2) is 12.8 Å². The fourth-order valence-corrected chi connectivity index (χ4v) is 5.81. The maximum Gasteiger partial charge on any atom is 0.243 e. The molecule has 9 heteroatoms. The molecule has 0 heterocycles. The first-order chi connectivity index (χ1) is 19.8. The standard InChI is InChI=1S/C33H42FN3O4S/c1-24(2)22-35-33(39)31(21-27-10-7-6-8-11-27)36(23-28-13-15-29(34)16-14-28)32(38)12-9-17-37(42(5,40)41)30-19-25(3)18-26(4)20-30/h6-8,10-11,13-16,18-20,24,31H,9,12,17,21-23H2,1-5H3,(H,35,39)/t31-/m0/s1. The number of hydrogen-bond donors (Lipinski definition) is 1. The summed E-state index contributed by atoms with van der Waals surface area (Å²) < 4.78 is 40.4. The molecular weight excluding hydrogens is 553 g/mol. The predicted molar refractivity (Wildman–Crippen MR) is 166 cm³/mol. The molecule has 0 aromatic heterocycles. The maximum absolute atomic E-state index is 13.9. The van der Waals surface area contributed by atoms with Crippen LogP contribution < -0.4 is 9.62 Å². The SMILES string of the molecule is Cc1cc(C)cc(N(CCCC(=O)N(Cc2ccc(F)cc2)[C@@H](Cc2ccccc2)C(=O)NCC(C)C)S(C)(=O)=O)c1. The fourth-order valence-electron chi connectivity index (χ4n) is 4.86. The Morgan fingerprint density at radius 3 is 2.10 bits per heavy atom. The van der Waals surface area contributed by atoms with Gasteiger partial charge in [0, 0.05) is 32.5 Å². The van der Waals surface area contributed by atoms with Gasteiger partial charge in [0.05, 0.1) is 11.9 Å². The number of nitrogens with zero attached hydrogens (tertiary/aromatic N) is 2. The van der Waals surface area contributed by atoms with Gasteiger partial charge in [-0.05, 0) is 72.7 Å². The van der Waals surface area contributed by atoms with E-state index < -0.39 is 16.1 Å². The lowest BCUT2D eigenvalue weighted by Gasteiger charge is -2.32. The highest BCUT2D eigenvalue weighted by Crippen LogP contribution is 2.23. The van der Waals surface area contributed by atoms with Crippen LogP contribution in [0.4, 0.5) is 10.1 Å². The number of nitrogens with one attached hydrogen (secondary N) is 1. The molecule has 0 bridgehead atoms. The summed E-state index contributed by atoms with van der Waals surface area (Å²) in [5.74, 6) is -0.718. The Morgan fingerprint density at radius 1 is 0.905 bits per heavy atom. The Hall–Kier alpha value is -3.72. The number of carbonyl (C=O) groups excluding carboxylic acids is 2. The van der Waals surface area contributed by atoms with Gasteiger partial charge in [-0.15, -0.1) is 0 Å². The molecule has 3 aromatic carbocycles. The van der Waals surface area contributed by atoms with Crippen molar-refractivity contribution in [2.75, 3.05) is 23.7 Å². The lowest BCUT2D eigenvalue weighted by molar-refractivity contribution is -0.141. The second-order valence-electron chi connectivity index (χ2n) is 11.3. The molecule has 0 radical (unpaired) electrons. The van der Waals surface area contributed by atoms with E-state index >= 15 is 0 Å². The Bertz CT molecular complexity index is 1420. The van der Waals surface area contributed by atoms with Crippen LogP contribution in [-0.4, -0.2) is 50.5 Å². The molecule has 0 fully saturated rings. The van der Waals surface area contributed by atoms with Crippen molar-refractivity contribution in [3.63, 3.8) is 0 Å². The molecule has 0 saturated heterocycles. The van der Waals surface area contributed by atoms with Gasteiger partial charge in [-0.1, -0.05) is 62.4 Å². The van der Waals surface area contributed by atoms with Crippen LogP contribution >= 0.6 is 0 Å². The molecule has 0 aliphatic rings. The second kappa shape index (κ2) is 15.0. The summed E-state index contributed by atoms with van der Waals surface area (Å²) in [6.45, 7) is 8.49. The van der Waals surface area contributed by atoms with E-state index in [1.165, 1.54) is 21.3 Å². The van der Waals surface area contributed by atoms with Crippen molar-refractivity contribution in [1.82, 2.24) is 10.2 Å².